The molecule has 8 heterocycles. The van der Waals surface area contributed by atoms with Crippen molar-refractivity contribution in [1.29, 1.82) is 0 Å². The molecule has 8 saturated heterocycles. The van der Waals surface area contributed by atoms with Crippen molar-refractivity contribution >= 4 is 34.1 Å². The standard InChI is InChI=1S/C17H27FN2.C17H28N2.C17H27NO.C16H25FN2.C16H26N2.C15H23FN2.C15H24N2.C15H23NO/c1-12-10-20(11-13(2)19-12)16-7-6-14(8-15(16)18)9-17(3,4)5;1-17(2,3)12-14-7-9-15(10-8-14)18-16-6-5-11-19(4)13-16;1-17(2,3)12-14-7-9-15(10-8-14)19-16-6-5-11-18(4)13-16;1-12-11-19(8-7-18-12)15-6-5-13(9-14(15)17)10-16(2,3)4;1-16(2,3)11-13-6-8-14(9-7-13)18-15-5-4-10-17-12-15;1-15(2,3)11-12-4-5-14(13(16)10-12)18-8-6-17-7-9-18;1-15(2,3)12-13-4-6-14(7-5-13)17-10-8-16-9-11-17;1-12(2)10-13-5-7-14(8-6-13)17-15-4-3-9-16-11-15/h6-8,12-13,19H,9-11H2,1-5H3;7-10,16,18H,5-6,11-13H2,1-4H3;7-10,16H,5-6,11-13H2,1-4H3;5-6,9,12,18H,7-8,10-11H2,1-4H3;6-9,15,17-18H,4-5,10-12H2,1-3H3;4-5,10,17H,6-9,11H2,1-3H3;4-7,16H,8-12H2,1-3H3;5-8,12,15-16H,3-4,9-11H2,1-2H3/t12-,13+;;;;;;;. The minimum Gasteiger partial charge on any atom is -0.489 e. The molecule has 16 rings (SSSR count). The number of likely N-dealkylation sites (tertiary alicyclic amines) is 2. The van der Waals surface area contributed by atoms with Crippen molar-refractivity contribution in [3.05, 3.63) is 238 Å². The summed E-state index contributed by atoms with van der Waals surface area (Å²) in [5, 5.41) is 27.6. The van der Waals surface area contributed by atoms with Crippen LogP contribution in [-0.2, 0) is 51.4 Å². The van der Waals surface area contributed by atoms with Gasteiger partial charge >= 0.3 is 0 Å². The van der Waals surface area contributed by atoms with Gasteiger partial charge in [0.25, 0.3) is 0 Å². The molecule has 0 bridgehead atoms. The highest BCUT2D eigenvalue weighted by Gasteiger charge is 2.29. The summed E-state index contributed by atoms with van der Waals surface area (Å²) in [6.07, 6.45) is 19.0. The highest BCUT2D eigenvalue weighted by atomic mass is 19.1. The van der Waals surface area contributed by atoms with E-state index >= 15 is 0 Å². The van der Waals surface area contributed by atoms with Gasteiger partial charge in [-0.1, -0.05) is 238 Å². The number of halogens is 3. The van der Waals surface area contributed by atoms with Crippen molar-refractivity contribution in [3.63, 3.8) is 0 Å². The summed E-state index contributed by atoms with van der Waals surface area (Å²) >= 11 is 0. The molecule has 0 saturated carbocycles. The molecule has 8 N–H and O–H groups in total. The lowest BCUT2D eigenvalue weighted by Crippen LogP contribution is -2.54. The number of likely N-dealkylation sites (N-methyl/N-ethyl adjacent to an activating group) is 2. The lowest BCUT2D eigenvalue weighted by atomic mass is 9.88. The Morgan fingerprint density at radius 2 is 0.646 bits per heavy atom. The highest BCUT2D eigenvalue weighted by Crippen LogP contribution is 2.35. The molecule has 8 fully saturated rings. The van der Waals surface area contributed by atoms with Crippen LogP contribution in [0.4, 0.5) is 47.3 Å². The summed E-state index contributed by atoms with van der Waals surface area (Å²) in [7, 11) is 4.38. The van der Waals surface area contributed by atoms with Gasteiger partial charge in [0.05, 0.1) is 17.1 Å². The van der Waals surface area contributed by atoms with Gasteiger partial charge in [0.1, 0.15) is 41.2 Å². The number of hydrogen-bond donors (Lipinski definition) is 8. The zero-order chi connectivity index (χ0) is 107. The van der Waals surface area contributed by atoms with Gasteiger partial charge in [-0.2, -0.15) is 0 Å². The van der Waals surface area contributed by atoms with Crippen LogP contribution in [0.2, 0.25) is 0 Å². The van der Waals surface area contributed by atoms with E-state index in [1.54, 1.807) is 18.2 Å². The normalized spacial score (nSPS) is 20.4. The van der Waals surface area contributed by atoms with E-state index < -0.39 is 0 Å². The van der Waals surface area contributed by atoms with Crippen LogP contribution in [0.25, 0.3) is 0 Å². The molecular formula is C128H203F3N14O2. The molecule has 0 amide bonds. The Kier molecular flexibility index (Phi) is 49.0. The molecule has 0 radical (unpaired) electrons. The number of nitrogens with zero attached hydrogens (tertiary/aromatic N) is 6. The molecule has 8 aliphatic heterocycles. The SMILES string of the molecule is CC(C)(C)Cc1ccc(N2CCNCC2)c(F)c1.CC(C)(C)Cc1ccc(N2CCNCC2)cc1.CC(C)(C)Cc1ccc(NC2CCCNC2)cc1.CC(C)Cc1ccc(OC2CCCNC2)cc1.CC1CN(c2ccc(CC(C)(C)C)cc2F)CCN1.CN1CCCC(Nc2ccc(CC(C)(C)C)cc2)C1.CN1CCCC(Oc2ccc(CC(C)(C)C)cc2)C1.C[C@@H]1CN(c2ccc(CC(C)(C)C)cc2F)C[C@H](C)N1. The fourth-order valence-corrected chi connectivity index (χ4v) is 20.9. The fourth-order valence-electron chi connectivity index (χ4n) is 20.9. The fraction of sp³-hybridized carbons (Fsp3) is 0.625. The highest BCUT2D eigenvalue weighted by molar-refractivity contribution is 5.54. The Morgan fingerprint density at radius 3 is 1.03 bits per heavy atom. The largest absolute Gasteiger partial charge is 0.489 e. The van der Waals surface area contributed by atoms with Crippen molar-refractivity contribution in [2.75, 3.05) is 182 Å². The third kappa shape index (κ3) is 49.7. The molecule has 19 heteroatoms. The summed E-state index contributed by atoms with van der Waals surface area (Å²) in [6, 6.07) is 63.8. The quantitative estimate of drug-likeness (QED) is 0.0347. The molecule has 0 spiro atoms. The first-order valence-corrected chi connectivity index (χ1v) is 56.6. The summed E-state index contributed by atoms with van der Waals surface area (Å²) in [6.45, 7) is 79.4. The van der Waals surface area contributed by atoms with E-state index in [1.165, 1.54) is 116 Å². The van der Waals surface area contributed by atoms with Gasteiger partial charge in [0, 0.05) is 159 Å². The van der Waals surface area contributed by atoms with Gasteiger partial charge in [-0.15, -0.1) is 0 Å². The zero-order valence-corrected chi connectivity index (χ0v) is 97.2. The van der Waals surface area contributed by atoms with Crippen LogP contribution in [0.1, 0.15) is 276 Å². The van der Waals surface area contributed by atoms with Gasteiger partial charge in [-0.3, -0.25) is 0 Å². The van der Waals surface area contributed by atoms with Gasteiger partial charge in [-0.05, 0) is 349 Å². The van der Waals surface area contributed by atoms with Crippen molar-refractivity contribution in [2.45, 2.75) is 325 Å². The van der Waals surface area contributed by atoms with E-state index in [1.807, 2.05) is 18.2 Å². The molecule has 7 atom stereocenters. The second-order valence-electron chi connectivity index (χ2n) is 52.8. The van der Waals surface area contributed by atoms with Gasteiger partial charge in [0.15, 0.2) is 0 Å². The maximum absolute atomic E-state index is 14.4. The van der Waals surface area contributed by atoms with Crippen LogP contribution in [-0.4, -0.2) is 204 Å². The number of nitrogens with one attached hydrogen (secondary N) is 8. The number of piperazine rings is 4. The average molecular weight is 2030 g/mol. The van der Waals surface area contributed by atoms with Crippen LogP contribution in [0.15, 0.2) is 176 Å². The van der Waals surface area contributed by atoms with E-state index in [9.17, 15) is 13.2 Å². The monoisotopic (exact) mass is 2030 g/mol. The van der Waals surface area contributed by atoms with E-state index in [2.05, 4.69) is 406 Å². The van der Waals surface area contributed by atoms with Crippen LogP contribution in [0, 0.1) is 61.3 Å². The first-order valence-electron chi connectivity index (χ1n) is 56.6. The molecule has 0 aromatic heterocycles. The Labute approximate surface area is 893 Å². The van der Waals surface area contributed by atoms with Gasteiger partial charge in [-0.25, -0.2) is 13.2 Å². The van der Waals surface area contributed by atoms with Crippen molar-refractivity contribution < 1.29 is 22.6 Å². The third-order valence-corrected chi connectivity index (χ3v) is 27.2. The van der Waals surface area contributed by atoms with Crippen molar-refractivity contribution in [2.24, 2.45) is 43.8 Å². The molecule has 147 heavy (non-hydrogen) atoms. The Morgan fingerprint density at radius 1 is 0.313 bits per heavy atom. The summed E-state index contributed by atoms with van der Waals surface area (Å²) in [5.74, 6) is 2.47. The number of hydrogen-bond acceptors (Lipinski definition) is 16. The molecule has 8 aromatic carbocycles. The molecule has 16 nitrogen and oxygen atoms in total. The first-order chi connectivity index (χ1) is 69.2. The molecule has 8 aromatic rings. The molecule has 0 aliphatic carbocycles. The number of benzene rings is 8. The number of ether oxygens (including phenoxy) is 2. The number of piperidine rings is 4. The van der Waals surface area contributed by atoms with Crippen LogP contribution < -0.4 is 71.6 Å². The Bertz CT molecular complexity index is 4910. The molecule has 5 unspecified atom stereocenters. The Hall–Kier alpha value is -8.37. The number of anilines is 6. The Balaban J connectivity index is 0.000000187. The minimum absolute atomic E-state index is 0.0846. The minimum atomic E-state index is -0.0898. The first kappa shape index (κ1) is 122. The van der Waals surface area contributed by atoms with Gasteiger partial charge in [0.2, 0.25) is 0 Å². The van der Waals surface area contributed by atoms with Crippen molar-refractivity contribution in [1.82, 2.24) is 41.7 Å². The summed E-state index contributed by atoms with van der Waals surface area (Å²) in [4.78, 5) is 13.6. The maximum atomic E-state index is 14.4. The van der Waals surface area contributed by atoms with Crippen molar-refractivity contribution in [3.8, 4) is 11.5 Å². The third-order valence-electron chi connectivity index (χ3n) is 27.2. The topological polar surface area (TPSA) is 134 Å². The molecule has 818 valence electrons. The average Bonchev–Trinajstić information content (AvgIpc) is 0.820. The van der Waals surface area contributed by atoms with Gasteiger partial charge < -0.3 is 81.4 Å². The number of rotatable bonds is 21. The lowest BCUT2D eigenvalue weighted by Gasteiger charge is -2.37. The van der Waals surface area contributed by atoms with E-state index in [-0.39, 0.29) is 33.7 Å². The summed E-state index contributed by atoms with van der Waals surface area (Å²) < 4.78 is 54.8. The predicted octanol–water partition coefficient (Wildman–Crippen LogP) is 26.3. The second kappa shape index (κ2) is 59.0. The zero-order valence-electron chi connectivity index (χ0n) is 97.2. The van der Waals surface area contributed by atoms with Crippen LogP contribution in [0.3, 0.4) is 0 Å². The second-order valence-corrected chi connectivity index (χ2v) is 52.8. The van der Waals surface area contributed by atoms with E-state index in [0.29, 0.717) is 70.0 Å². The lowest BCUT2D eigenvalue weighted by molar-refractivity contribution is 0.104. The molecular weight excluding hydrogens is 1820 g/mol. The van der Waals surface area contributed by atoms with Crippen LogP contribution in [0.5, 0.6) is 11.5 Å². The smallest absolute Gasteiger partial charge is 0.146 e. The summed E-state index contributed by atoms with van der Waals surface area (Å²) in [5.41, 5.74) is 18.4. The van der Waals surface area contributed by atoms with E-state index in [4.69, 9.17) is 9.47 Å². The van der Waals surface area contributed by atoms with Crippen LogP contribution >= 0.6 is 0 Å². The maximum Gasteiger partial charge on any atom is 0.146 e. The predicted molar refractivity (Wildman–Crippen MR) is 628 cm³/mol. The molecule has 8 aliphatic rings. The van der Waals surface area contributed by atoms with E-state index in [0.717, 1.165) is 214 Å².